The lowest BCUT2D eigenvalue weighted by atomic mass is 10.2. The minimum atomic E-state index is -7.62. The largest absolute Gasteiger partial charge is 0.569 e. The van der Waals surface area contributed by atoms with Gasteiger partial charge >= 0.3 is 31.7 Å². The molecular weight excluding hydrogens is 614 g/mol. The highest BCUT2D eigenvalue weighted by molar-refractivity contribution is 8.13. The molecule has 0 aliphatic carbocycles. The Labute approximate surface area is 212 Å². The van der Waals surface area contributed by atoms with Crippen molar-refractivity contribution < 1.29 is 78.6 Å². The number of rotatable bonds is 11. The number of nitrogens with zero attached hydrogens (tertiary/aromatic N) is 2. The molecule has 0 fully saturated rings. The Morgan fingerprint density at radius 1 is 0.789 bits per heavy atom. The Hall–Kier alpha value is -1.59. The fourth-order valence-corrected chi connectivity index (χ4v) is 6.30. The van der Waals surface area contributed by atoms with Crippen LogP contribution in [0.15, 0.2) is 24.4 Å². The number of hydrogen-bond acceptors (Lipinski definition) is 7. The number of pyridine rings is 1. The lowest BCUT2D eigenvalue weighted by Gasteiger charge is -2.31. The molecule has 0 N–H and O–H groups in total. The molecule has 0 bridgehead atoms. The third-order valence-electron chi connectivity index (χ3n) is 4.34. The second-order valence-corrected chi connectivity index (χ2v) is 13.3. The quantitative estimate of drug-likeness (QED) is 0.207. The monoisotopic (exact) mass is 636 g/mol. The predicted molar refractivity (Wildman–Crippen MR) is 111 cm³/mol. The zero-order valence-corrected chi connectivity index (χ0v) is 22.4. The third kappa shape index (κ3) is 8.21. The van der Waals surface area contributed by atoms with E-state index < -0.39 is 51.7 Å². The highest BCUT2D eigenvalue weighted by atomic mass is 32.3. The summed E-state index contributed by atoms with van der Waals surface area (Å²) in [4.78, 5) is 0. The van der Waals surface area contributed by atoms with E-state index in [2.05, 4.69) is 23.6 Å². The van der Waals surface area contributed by atoms with Gasteiger partial charge in [0.2, 0.25) is 6.17 Å². The minimum Gasteiger partial charge on any atom is -0.425 e. The molecule has 1 aromatic rings. The van der Waals surface area contributed by atoms with Crippen LogP contribution < -0.4 is 4.57 Å². The number of hydrogen-bond donors (Lipinski definition) is 0. The first-order valence-electron chi connectivity index (χ1n) is 9.67. The van der Waals surface area contributed by atoms with Gasteiger partial charge in [0, 0.05) is 39.9 Å². The predicted octanol–water partition coefficient (Wildman–Crippen LogP) is 3.67. The molecule has 0 aliphatic rings. The molecule has 0 amide bonds. The highest BCUT2D eigenvalue weighted by Gasteiger charge is 2.68. The van der Waals surface area contributed by atoms with E-state index in [9.17, 15) is 60.7 Å². The average Bonchev–Trinajstić information content (AvgIpc) is 2.77. The van der Waals surface area contributed by atoms with Gasteiger partial charge in [-0.25, -0.2) is 16.8 Å². The number of aromatic nitrogens is 1. The second-order valence-electron chi connectivity index (χ2n) is 6.92. The van der Waals surface area contributed by atoms with Gasteiger partial charge in [0.25, 0.3) is 0 Å². The Balaban J connectivity index is 0.000000735. The first-order chi connectivity index (χ1) is 16.9. The average molecular weight is 637 g/mol. The molecule has 1 aromatic heterocycles. The fourth-order valence-electron chi connectivity index (χ4n) is 2.32. The van der Waals surface area contributed by atoms with Crippen molar-refractivity contribution in [3.05, 3.63) is 34.2 Å². The standard InChI is InChI=1S/C12H22NO3Si.C4F10NO4S2/c1-5-8-12-9-6-7-10-13(12)11-17(14-2,15-3)16-4;5-1(6,7)3(11,12)20(16,17)15-21(18,19)4(13,14)2(8,9)10/h6-7,9-10H,5,8,11H2,1-4H3;/q+1;-1. The van der Waals surface area contributed by atoms with Crippen molar-refractivity contribution in [2.45, 2.75) is 48.8 Å². The zero-order valence-electron chi connectivity index (χ0n) is 19.8. The third-order valence-corrected chi connectivity index (χ3v) is 10.3. The van der Waals surface area contributed by atoms with Crippen LogP contribution >= 0.6 is 0 Å². The maximum absolute atomic E-state index is 12.3. The van der Waals surface area contributed by atoms with E-state index in [0.29, 0.717) is 10.3 Å². The summed E-state index contributed by atoms with van der Waals surface area (Å²) in [5.41, 5.74) is 1.28. The molecular formula is C16H22F10N2O7S2Si. The first kappa shape index (κ1) is 36.4. The summed E-state index contributed by atoms with van der Waals surface area (Å²) in [5, 5.41) is -14.0. The van der Waals surface area contributed by atoms with Crippen molar-refractivity contribution in [2.24, 2.45) is 0 Å². The molecule has 9 nitrogen and oxygen atoms in total. The van der Waals surface area contributed by atoms with Crippen molar-refractivity contribution >= 4 is 28.9 Å². The number of sulfonamides is 2. The van der Waals surface area contributed by atoms with Crippen LogP contribution in [0.2, 0.25) is 0 Å². The molecule has 0 radical (unpaired) electrons. The maximum atomic E-state index is 12.3. The van der Waals surface area contributed by atoms with Crippen LogP contribution in [-0.4, -0.2) is 69.8 Å². The van der Waals surface area contributed by atoms with Crippen LogP contribution in [0.1, 0.15) is 19.0 Å². The Bertz CT molecular complexity index is 1060. The summed E-state index contributed by atoms with van der Waals surface area (Å²) in [5.74, 6) is 0. The minimum absolute atomic E-state index is 0.422. The molecule has 38 heavy (non-hydrogen) atoms. The van der Waals surface area contributed by atoms with Crippen LogP contribution in [-0.2, 0) is 45.9 Å². The molecule has 0 aromatic carbocycles. The van der Waals surface area contributed by atoms with Crippen LogP contribution in [0.4, 0.5) is 43.9 Å². The van der Waals surface area contributed by atoms with Gasteiger partial charge in [0.15, 0.2) is 31.9 Å². The lowest BCUT2D eigenvalue weighted by Crippen LogP contribution is -2.57. The molecule has 1 rings (SSSR count). The van der Waals surface area contributed by atoms with Gasteiger partial charge in [0.05, 0.1) is 0 Å². The van der Waals surface area contributed by atoms with E-state index in [4.69, 9.17) is 13.3 Å². The molecule has 0 saturated carbocycles. The summed E-state index contributed by atoms with van der Waals surface area (Å²) in [7, 11) is -12.9. The van der Waals surface area contributed by atoms with Gasteiger partial charge < -0.3 is 17.4 Å². The number of aryl methyl sites for hydroxylation is 1. The molecule has 0 aliphatic heterocycles. The Morgan fingerprint density at radius 3 is 1.50 bits per heavy atom. The molecule has 1 heterocycles. The SMILES string of the molecule is CCCc1cccc[n+]1C[Si](OC)(OC)OC.O=S(=O)([N-]S(=O)(=O)C(F)(F)C(F)(F)F)C(F)(F)C(F)(F)F. The van der Waals surface area contributed by atoms with Crippen LogP contribution in [0.5, 0.6) is 0 Å². The Kier molecular flexibility index (Phi) is 12.2. The van der Waals surface area contributed by atoms with Crippen LogP contribution in [0.25, 0.3) is 4.13 Å². The Morgan fingerprint density at radius 2 is 1.18 bits per heavy atom. The summed E-state index contributed by atoms with van der Waals surface area (Å²) < 4.78 is 180. The smallest absolute Gasteiger partial charge is 0.425 e. The van der Waals surface area contributed by atoms with E-state index in [1.807, 2.05) is 12.3 Å². The van der Waals surface area contributed by atoms with E-state index in [1.54, 1.807) is 21.3 Å². The van der Waals surface area contributed by atoms with Gasteiger partial charge in [-0.3, -0.25) is 0 Å². The van der Waals surface area contributed by atoms with Gasteiger partial charge in [-0.2, -0.15) is 48.5 Å². The van der Waals surface area contributed by atoms with Crippen molar-refractivity contribution in [1.29, 1.82) is 0 Å². The topological polar surface area (TPSA) is 114 Å². The normalized spacial score (nSPS) is 14.2. The maximum Gasteiger partial charge on any atom is 0.569 e. The zero-order chi connectivity index (χ0) is 30.4. The summed E-state index contributed by atoms with van der Waals surface area (Å²) in [6.07, 6.45) is -9.15. The van der Waals surface area contributed by atoms with Crippen molar-refractivity contribution in [2.75, 3.05) is 21.3 Å². The molecule has 22 heteroatoms. The molecule has 0 atom stereocenters. The van der Waals surface area contributed by atoms with E-state index in [1.165, 1.54) is 5.69 Å². The van der Waals surface area contributed by atoms with Gasteiger partial charge in [-0.15, -0.1) is 0 Å². The van der Waals surface area contributed by atoms with E-state index in [-0.39, 0.29) is 0 Å². The van der Waals surface area contributed by atoms with E-state index in [0.717, 1.165) is 12.8 Å². The second kappa shape index (κ2) is 12.7. The van der Waals surface area contributed by atoms with Gasteiger partial charge in [-0.1, -0.05) is 13.0 Å². The van der Waals surface area contributed by atoms with Gasteiger partial charge in [0.1, 0.15) is 0 Å². The van der Waals surface area contributed by atoms with Crippen molar-refractivity contribution in [3.8, 4) is 0 Å². The van der Waals surface area contributed by atoms with E-state index >= 15 is 0 Å². The first-order valence-corrected chi connectivity index (χ1v) is 14.5. The molecule has 224 valence electrons. The van der Waals surface area contributed by atoms with Crippen LogP contribution in [0, 0.1) is 0 Å². The van der Waals surface area contributed by atoms with Crippen LogP contribution in [0.3, 0.4) is 0 Å². The molecule has 0 spiro atoms. The fraction of sp³-hybridized carbons (Fsp3) is 0.688. The summed E-state index contributed by atoms with van der Waals surface area (Å²) in [6, 6.07) is 6.19. The molecule has 0 unspecified atom stereocenters. The summed E-state index contributed by atoms with van der Waals surface area (Å²) >= 11 is 0. The highest BCUT2D eigenvalue weighted by Crippen LogP contribution is 2.47. The number of alkyl halides is 10. The van der Waals surface area contributed by atoms with Crippen molar-refractivity contribution in [1.82, 2.24) is 0 Å². The number of halogens is 10. The molecule has 0 saturated heterocycles. The summed E-state index contributed by atoms with van der Waals surface area (Å²) in [6.45, 7) is 2.17. The lowest BCUT2D eigenvalue weighted by molar-refractivity contribution is -0.692. The van der Waals surface area contributed by atoms with Gasteiger partial charge in [-0.05, 0) is 6.42 Å². The van der Waals surface area contributed by atoms with Crippen molar-refractivity contribution in [3.63, 3.8) is 0 Å².